The largest absolute Gasteiger partial charge is 0.345 e. The van der Waals surface area contributed by atoms with Gasteiger partial charge in [0.25, 0.3) is 5.91 Å². The highest BCUT2D eigenvalue weighted by Crippen LogP contribution is 2.11. The highest BCUT2D eigenvalue weighted by atomic mass is 32.2. The number of carbonyl (C=O) groups is 1. The van der Waals surface area contributed by atoms with E-state index in [0.717, 1.165) is 11.0 Å². The van der Waals surface area contributed by atoms with Gasteiger partial charge in [-0.05, 0) is 24.6 Å². The Kier molecular flexibility index (Phi) is 3.02. The summed E-state index contributed by atoms with van der Waals surface area (Å²) in [4.78, 5) is 11.9. The Morgan fingerprint density at radius 2 is 2.06 bits per heavy atom. The second kappa shape index (κ2) is 4.33. The third-order valence-corrected chi connectivity index (χ3v) is 4.03. The summed E-state index contributed by atoms with van der Waals surface area (Å²) >= 11 is 0. The zero-order valence-corrected chi connectivity index (χ0v) is 10.2. The van der Waals surface area contributed by atoms with E-state index in [4.69, 9.17) is 0 Å². The highest BCUT2D eigenvalue weighted by molar-refractivity contribution is 7.94. The molecule has 0 saturated heterocycles. The topological polar surface area (TPSA) is 63.2 Å². The first-order valence-electron chi connectivity index (χ1n) is 5.25. The standard InChI is InChI=1S/C12H13NO3S/c1-9-4-2-3-5-11(9)12(14)13-10-6-7-17(15,16)8-10/h2-7,10H,8H2,1H3,(H,13,14)/t10-/m1/s1. The molecule has 0 aliphatic carbocycles. The van der Waals surface area contributed by atoms with Gasteiger partial charge in [0.05, 0.1) is 11.8 Å². The van der Waals surface area contributed by atoms with Gasteiger partial charge in [0.2, 0.25) is 0 Å². The molecular weight excluding hydrogens is 238 g/mol. The van der Waals surface area contributed by atoms with Gasteiger partial charge in [0.1, 0.15) is 0 Å². The average molecular weight is 251 g/mol. The van der Waals surface area contributed by atoms with Crippen molar-refractivity contribution < 1.29 is 13.2 Å². The fraction of sp³-hybridized carbons (Fsp3) is 0.250. The number of hydrogen-bond donors (Lipinski definition) is 1. The molecule has 0 radical (unpaired) electrons. The van der Waals surface area contributed by atoms with Gasteiger partial charge in [-0.2, -0.15) is 0 Å². The van der Waals surface area contributed by atoms with Gasteiger partial charge in [-0.3, -0.25) is 4.79 Å². The van der Waals surface area contributed by atoms with Crippen molar-refractivity contribution in [1.82, 2.24) is 5.32 Å². The molecule has 1 N–H and O–H groups in total. The maximum absolute atomic E-state index is 11.9. The summed E-state index contributed by atoms with van der Waals surface area (Å²) < 4.78 is 22.4. The Bertz CT molecular complexity index is 575. The lowest BCUT2D eigenvalue weighted by atomic mass is 10.1. The van der Waals surface area contributed by atoms with E-state index in [9.17, 15) is 13.2 Å². The molecule has 0 saturated carbocycles. The monoisotopic (exact) mass is 251 g/mol. The molecular formula is C12H13NO3S. The highest BCUT2D eigenvalue weighted by Gasteiger charge is 2.23. The molecule has 1 amide bonds. The summed E-state index contributed by atoms with van der Waals surface area (Å²) in [5, 5.41) is 3.84. The lowest BCUT2D eigenvalue weighted by Crippen LogP contribution is -2.35. The van der Waals surface area contributed by atoms with Gasteiger partial charge >= 0.3 is 0 Å². The van der Waals surface area contributed by atoms with Crippen molar-refractivity contribution in [2.75, 3.05) is 5.75 Å². The lowest BCUT2D eigenvalue weighted by Gasteiger charge is -2.11. The van der Waals surface area contributed by atoms with E-state index in [-0.39, 0.29) is 11.7 Å². The number of aryl methyl sites for hydroxylation is 1. The zero-order valence-electron chi connectivity index (χ0n) is 9.38. The number of benzene rings is 1. The van der Waals surface area contributed by atoms with Crippen molar-refractivity contribution >= 4 is 15.7 Å². The van der Waals surface area contributed by atoms with E-state index in [1.54, 1.807) is 12.1 Å². The van der Waals surface area contributed by atoms with Crippen LogP contribution in [0.3, 0.4) is 0 Å². The number of rotatable bonds is 2. The molecule has 4 nitrogen and oxygen atoms in total. The van der Waals surface area contributed by atoms with Crippen LogP contribution >= 0.6 is 0 Å². The first-order chi connectivity index (χ1) is 7.98. The third kappa shape index (κ3) is 2.74. The smallest absolute Gasteiger partial charge is 0.252 e. The van der Waals surface area contributed by atoms with Crippen molar-refractivity contribution in [3.05, 3.63) is 46.9 Å². The summed E-state index contributed by atoms with van der Waals surface area (Å²) in [5.74, 6) is -0.292. The van der Waals surface area contributed by atoms with Gasteiger partial charge in [-0.1, -0.05) is 18.2 Å². The Hall–Kier alpha value is -1.62. The molecule has 1 atom stereocenters. The van der Waals surface area contributed by atoms with E-state index >= 15 is 0 Å². The number of carbonyl (C=O) groups excluding carboxylic acids is 1. The maximum atomic E-state index is 11.9. The fourth-order valence-corrected chi connectivity index (χ4v) is 2.97. The van der Waals surface area contributed by atoms with E-state index in [1.165, 1.54) is 6.08 Å². The van der Waals surface area contributed by atoms with Crippen LogP contribution in [0.1, 0.15) is 15.9 Å². The quantitative estimate of drug-likeness (QED) is 0.854. The molecule has 1 aromatic carbocycles. The van der Waals surface area contributed by atoms with Crippen molar-refractivity contribution in [1.29, 1.82) is 0 Å². The first-order valence-corrected chi connectivity index (χ1v) is 6.97. The molecule has 1 aliphatic heterocycles. The lowest BCUT2D eigenvalue weighted by molar-refractivity contribution is 0.0947. The van der Waals surface area contributed by atoms with Crippen LogP contribution < -0.4 is 5.32 Å². The first kappa shape index (κ1) is 11.9. The van der Waals surface area contributed by atoms with Gasteiger partial charge < -0.3 is 5.32 Å². The molecule has 2 rings (SSSR count). The van der Waals surface area contributed by atoms with Crippen LogP contribution in [0.4, 0.5) is 0 Å². The number of sulfone groups is 1. The molecule has 0 spiro atoms. The molecule has 1 aromatic rings. The zero-order chi connectivity index (χ0) is 12.5. The van der Waals surface area contributed by atoms with Crippen molar-refractivity contribution in [2.24, 2.45) is 0 Å². The van der Waals surface area contributed by atoms with Gasteiger partial charge in [0, 0.05) is 11.0 Å². The molecule has 1 aliphatic rings. The molecule has 0 aromatic heterocycles. The average Bonchev–Trinajstić information content (AvgIpc) is 2.58. The predicted molar refractivity (Wildman–Crippen MR) is 65.4 cm³/mol. The summed E-state index contributed by atoms with van der Waals surface area (Å²) in [6, 6.07) is 6.77. The molecule has 17 heavy (non-hydrogen) atoms. The van der Waals surface area contributed by atoms with E-state index in [1.807, 2.05) is 19.1 Å². The van der Waals surface area contributed by atoms with Crippen LogP contribution in [0, 0.1) is 6.92 Å². The second-order valence-corrected chi connectivity index (χ2v) is 5.98. The fourth-order valence-electron chi connectivity index (χ4n) is 1.74. The molecule has 0 bridgehead atoms. The van der Waals surface area contributed by atoms with Crippen molar-refractivity contribution in [3.8, 4) is 0 Å². The van der Waals surface area contributed by atoms with Crippen molar-refractivity contribution in [2.45, 2.75) is 13.0 Å². The molecule has 5 heteroatoms. The van der Waals surface area contributed by atoms with E-state index in [0.29, 0.717) is 5.56 Å². The summed E-state index contributed by atoms with van der Waals surface area (Å²) in [5.41, 5.74) is 1.44. The predicted octanol–water partition coefficient (Wildman–Crippen LogP) is 1.04. The van der Waals surface area contributed by atoms with Crippen LogP contribution in [0.25, 0.3) is 0 Å². The van der Waals surface area contributed by atoms with Crippen LogP contribution in [0.15, 0.2) is 35.7 Å². The minimum absolute atomic E-state index is 0.0510. The minimum Gasteiger partial charge on any atom is -0.345 e. The third-order valence-electron chi connectivity index (χ3n) is 2.64. The summed E-state index contributed by atoms with van der Waals surface area (Å²) in [6.45, 7) is 1.84. The number of nitrogens with one attached hydrogen (secondary N) is 1. The van der Waals surface area contributed by atoms with Crippen LogP contribution in [-0.2, 0) is 9.84 Å². The van der Waals surface area contributed by atoms with E-state index < -0.39 is 15.9 Å². The minimum atomic E-state index is -3.13. The Morgan fingerprint density at radius 1 is 1.35 bits per heavy atom. The van der Waals surface area contributed by atoms with Gasteiger partial charge in [-0.15, -0.1) is 0 Å². The van der Waals surface area contributed by atoms with E-state index in [2.05, 4.69) is 5.32 Å². The maximum Gasteiger partial charge on any atom is 0.252 e. The number of hydrogen-bond acceptors (Lipinski definition) is 3. The number of amides is 1. The summed E-state index contributed by atoms with van der Waals surface area (Å²) in [7, 11) is -3.13. The van der Waals surface area contributed by atoms with Gasteiger partial charge in [-0.25, -0.2) is 8.42 Å². The molecule has 0 unspecified atom stereocenters. The van der Waals surface area contributed by atoms with Crippen LogP contribution in [0.2, 0.25) is 0 Å². The Morgan fingerprint density at radius 3 is 2.65 bits per heavy atom. The molecule has 90 valence electrons. The SMILES string of the molecule is Cc1ccccc1C(=O)N[C@@H]1C=CS(=O)(=O)C1. The molecule has 1 heterocycles. The second-order valence-electron chi connectivity index (χ2n) is 4.05. The summed E-state index contributed by atoms with van der Waals surface area (Å²) in [6.07, 6.45) is 1.51. The van der Waals surface area contributed by atoms with Crippen LogP contribution in [-0.4, -0.2) is 26.1 Å². The van der Waals surface area contributed by atoms with Gasteiger partial charge in [0.15, 0.2) is 9.84 Å². The normalized spacial score (nSPS) is 21.4. The van der Waals surface area contributed by atoms with Crippen LogP contribution in [0.5, 0.6) is 0 Å². The Balaban J connectivity index is 2.09. The Labute approximate surface area is 100 Å². The molecule has 0 fully saturated rings. The van der Waals surface area contributed by atoms with Crippen molar-refractivity contribution in [3.63, 3.8) is 0 Å².